The summed E-state index contributed by atoms with van der Waals surface area (Å²) in [5, 5.41) is 5.48. The third-order valence-corrected chi connectivity index (χ3v) is 10.2. The first-order valence-corrected chi connectivity index (χ1v) is 18.0. The second-order valence-corrected chi connectivity index (χ2v) is 16.4. The fourth-order valence-corrected chi connectivity index (χ4v) is 6.69. The van der Waals surface area contributed by atoms with Gasteiger partial charge in [-0.15, -0.1) is 46.2 Å². The van der Waals surface area contributed by atoms with Crippen molar-refractivity contribution in [2.24, 2.45) is 11.8 Å². The molecule has 6 rings (SSSR count). The zero-order chi connectivity index (χ0) is 33.6. The van der Waals surface area contributed by atoms with E-state index in [-0.39, 0.29) is 23.2 Å². The van der Waals surface area contributed by atoms with Gasteiger partial charge in [-0.2, -0.15) is 11.1 Å². The van der Waals surface area contributed by atoms with Crippen molar-refractivity contribution in [1.82, 2.24) is 0 Å². The van der Waals surface area contributed by atoms with E-state index < -0.39 is 0 Å². The van der Waals surface area contributed by atoms with Crippen LogP contribution < -0.4 is 12.4 Å². The topological polar surface area (TPSA) is 0 Å². The maximum absolute atomic E-state index is 3.29. The average molecular weight is 720 g/mol. The second kappa shape index (κ2) is 16.6. The molecule has 0 aliphatic heterocycles. The molecule has 5 aromatic rings. The Kier molecular flexibility index (Phi) is 13.7. The number of hydrogen-bond acceptors (Lipinski definition) is 0. The molecule has 0 atom stereocenters. The number of rotatable bonds is 4. The van der Waals surface area contributed by atoms with Gasteiger partial charge in [-0.25, -0.2) is 6.08 Å². The van der Waals surface area contributed by atoms with Gasteiger partial charge in [0.05, 0.1) is 0 Å². The molecule has 47 heavy (non-hydrogen) atoms. The molecule has 0 radical (unpaired) electrons. The van der Waals surface area contributed by atoms with Gasteiger partial charge in [0.2, 0.25) is 0 Å². The normalized spacial score (nSPS) is 12.9. The van der Waals surface area contributed by atoms with Gasteiger partial charge in [0.25, 0.3) is 0 Å². The van der Waals surface area contributed by atoms with Crippen molar-refractivity contribution in [3.8, 4) is 0 Å². The van der Waals surface area contributed by atoms with E-state index in [0.29, 0.717) is 11.8 Å². The quantitative estimate of drug-likeness (QED) is 0.163. The molecule has 1 aliphatic rings. The van der Waals surface area contributed by atoms with Crippen LogP contribution in [0.25, 0.3) is 21.5 Å². The van der Waals surface area contributed by atoms with Crippen molar-refractivity contribution < 1.29 is 36.6 Å². The van der Waals surface area contributed by atoms with E-state index in [1.165, 1.54) is 76.8 Å². The Labute approximate surface area is 306 Å². The van der Waals surface area contributed by atoms with Crippen LogP contribution in [-0.2, 0) is 35.1 Å². The first kappa shape index (κ1) is 38.7. The summed E-state index contributed by atoms with van der Waals surface area (Å²) in [6, 6.07) is 37.3. The van der Waals surface area contributed by atoms with Gasteiger partial charge in [-0.3, -0.25) is 6.08 Å². The SMILES string of the molecule is CC(C)(C)c1ccc2c(c1)[cH-]c1cc(C(C)(C)C)ccc12.CC(C)C1=C(C(C)C)C[C-]=C1.[Cl-].[Zr]=[C](c1ccccc1)c1ccccc1. The Bertz CT molecular complexity index is 1710. The first-order valence-electron chi connectivity index (χ1n) is 16.8. The van der Waals surface area contributed by atoms with Gasteiger partial charge in [0.1, 0.15) is 0 Å². The van der Waals surface area contributed by atoms with E-state index >= 15 is 0 Å². The molecular weight excluding hydrogens is 667 g/mol. The molecule has 0 fully saturated rings. The molecule has 246 valence electrons. The molecule has 0 aromatic heterocycles. The van der Waals surface area contributed by atoms with Crippen molar-refractivity contribution in [3.05, 3.63) is 149 Å². The number of halogens is 1. The third kappa shape index (κ3) is 10.1. The summed E-state index contributed by atoms with van der Waals surface area (Å²) >= 11 is 1.46. The molecule has 1 aliphatic carbocycles. The van der Waals surface area contributed by atoms with Crippen molar-refractivity contribution in [1.29, 1.82) is 0 Å². The first-order chi connectivity index (χ1) is 21.7. The van der Waals surface area contributed by atoms with Crippen molar-refractivity contribution >= 4 is 24.8 Å². The minimum absolute atomic E-state index is 0. The molecular formula is C45H52ClZr-3. The number of benzene rings is 4. The number of fused-ring (bicyclic) bond motifs is 3. The van der Waals surface area contributed by atoms with Gasteiger partial charge in [-0.05, 0) is 16.7 Å². The van der Waals surface area contributed by atoms with Gasteiger partial charge >= 0.3 is 99.2 Å². The van der Waals surface area contributed by atoms with Crippen LogP contribution >= 0.6 is 0 Å². The molecule has 5 aromatic carbocycles. The molecule has 0 heterocycles. The zero-order valence-corrected chi connectivity index (χ0v) is 33.3. The van der Waals surface area contributed by atoms with Gasteiger partial charge in [0, 0.05) is 0 Å². The zero-order valence-electron chi connectivity index (χ0n) is 30.1. The number of allylic oxidation sites excluding steroid dienone is 4. The van der Waals surface area contributed by atoms with Crippen molar-refractivity contribution in [2.75, 3.05) is 0 Å². The summed E-state index contributed by atoms with van der Waals surface area (Å²) in [7, 11) is 0. The van der Waals surface area contributed by atoms with E-state index in [1.54, 1.807) is 5.57 Å². The predicted octanol–water partition coefficient (Wildman–Crippen LogP) is 9.47. The van der Waals surface area contributed by atoms with Gasteiger partial charge in [0.15, 0.2) is 0 Å². The molecule has 2 heteroatoms. The summed E-state index contributed by atoms with van der Waals surface area (Å²) in [6.45, 7) is 22.7. The molecule has 0 bridgehead atoms. The van der Waals surface area contributed by atoms with Gasteiger partial charge < -0.3 is 12.4 Å². The maximum atomic E-state index is 3.29. The predicted molar refractivity (Wildman–Crippen MR) is 200 cm³/mol. The molecule has 0 amide bonds. The summed E-state index contributed by atoms with van der Waals surface area (Å²) in [5.41, 5.74) is 8.97. The Morgan fingerprint density at radius 2 is 1.06 bits per heavy atom. The van der Waals surface area contributed by atoms with Crippen molar-refractivity contribution in [3.63, 3.8) is 0 Å². The van der Waals surface area contributed by atoms with E-state index in [2.05, 4.69) is 185 Å². The Morgan fingerprint density at radius 1 is 0.638 bits per heavy atom. The minimum atomic E-state index is 0. The number of hydrogen-bond donors (Lipinski definition) is 0. The fraction of sp³-hybridized carbons (Fsp3) is 0.333. The molecule has 0 spiro atoms. The van der Waals surface area contributed by atoms with Gasteiger partial charge in [-0.1, -0.05) is 111 Å². The van der Waals surface area contributed by atoms with E-state index in [1.807, 2.05) is 0 Å². The van der Waals surface area contributed by atoms with Crippen LogP contribution in [0.4, 0.5) is 0 Å². The molecule has 0 nitrogen and oxygen atoms in total. The van der Waals surface area contributed by atoms with Crippen LogP contribution in [-0.4, -0.2) is 3.21 Å². The molecule has 0 N–H and O–H groups in total. The molecule has 0 saturated carbocycles. The van der Waals surface area contributed by atoms with Crippen molar-refractivity contribution in [2.45, 2.75) is 86.5 Å². The molecule has 0 unspecified atom stereocenters. The van der Waals surface area contributed by atoms with Crippen LogP contribution in [0.5, 0.6) is 0 Å². The third-order valence-electron chi connectivity index (χ3n) is 8.80. The van der Waals surface area contributed by atoms with Crippen LogP contribution in [0.15, 0.2) is 120 Å². The average Bonchev–Trinajstić information content (AvgIpc) is 3.66. The van der Waals surface area contributed by atoms with E-state index in [0.717, 1.165) is 6.42 Å². The van der Waals surface area contributed by atoms with Crippen LogP contribution in [0, 0.1) is 17.9 Å². The monoisotopic (exact) mass is 717 g/mol. The van der Waals surface area contributed by atoms with Crippen LogP contribution in [0.2, 0.25) is 0 Å². The summed E-state index contributed by atoms with van der Waals surface area (Å²) in [5.74, 6) is 1.36. The summed E-state index contributed by atoms with van der Waals surface area (Å²) in [6.07, 6.45) is 6.51. The standard InChI is InChI=1S/C21H25.C13H10.C11H17.ClH.Zr/c1-20(2,3)16-7-9-18-14(12-16)11-15-13-17(21(4,5)6)8-10-19(15)18;1-3-7-12(8-4-1)11-13-9-5-2-6-10-13;1-8(2)10-6-5-7-11(10)9(3)4;;/h7-13H,1-6H3;1-10H;6,8-9H,7H2,1-4H3;1H;/q-1;;-1;;/p-1. The summed E-state index contributed by atoms with van der Waals surface area (Å²) in [4.78, 5) is 0. The Balaban J connectivity index is 0.000000201. The van der Waals surface area contributed by atoms with E-state index in [4.69, 9.17) is 0 Å². The van der Waals surface area contributed by atoms with E-state index in [9.17, 15) is 0 Å². The second-order valence-electron chi connectivity index (χ2n) is 15.2. The summed E-state index contributed by atoms with van der Waals surface area (Å²) < 4.78 is 1.42. The fourth-order valence-electron chi connectivity index (χ4n) is 5.87. The molecule has 0 saturated heterocycles. The Morgan fingerprint density at radius 3 is 1.40 bits per heavy atom. The van der Waals surface area contributed by atoms with Crippen LogP contribution in [0.3, 0.4) is 0 Å². The van der Waals surface area contributed by atoms with Crippen LogP contribution in [0.1, 0.15) is 97.9 Å². The Hall–Kier alpha value is -2.73.